The van der Waals surface area contributed by atoms with Gasteiger partial charge in [-0.15, -0.1) is 0 Å². The molecule has 0 radical (unpaired) electrons. The van der Waals surface area contributed by atoms with Gasteiger partial charge in [-0.05, 0) is 71.5 Å². The van der Waals surface area contributed by atoms with Crippen LogP contribution >= 0.6 is 0 Å². The van der Waals surface area contributed by atoms with Crippen molar-refractivity contribution < 1.29 is 9.59 Å². The maximum Gasteiger partial charge on any atom is 0.222 e. The van der Waals surface area contributed by atoms with Crippen molar-refractivity contribution in [3.05, 3.63) is 0 Å². The Bertz CT molecular complexity index is 680. The van der Waals surface area contributed by atoms with Crippen LogP contribution in [0.3, 0.4) is 0 Å². The number of amides is 2. The monoisotopic (exact) mass is 762 g/mol. The zero-order valence-corrected chi connectivity index (χ0v) is 37.9. The highest BCUT2D eigenvalue weighted by Gasteiger charge is 2.14. The summed E-state index contributed by atoms with van der Waals surface area (Å²) in [6.45, 7) is 15.4. The number of hydrogen-bond donors (Lipinski definition) is 0. The van der Waals surface area contributed by atoms with Gasteiger partial charge >= 0.3 is 0 Å². The predicted molar refractivity (Wildman–Crippen MR) is 240 cm³/mol. The molecule has 0 aliphatic heterocycles. The van der Waals surface area contributed by atoms with Crippen LogP contribution < -0.4 is 0 Å². The average molecular weight is 762 g/mol. The molecule has 5 heteroatoms. The molecule has 54 heavy (non-hydrogen) atoms. The number of rotatable bonds is 44. The van der Waals surface area contributed by atoms with E-state index in [4.69, 9.17) is 0 Å². The van der Waals surface area contributed by atoms with E-state index in [0.29, 0.717) is 11.8 Å². The molecule has 5 nitrogen and oxygen atoms in total. The molecule has 0 aromatic heterocycles. The molecule has 2 amide bonds. The van der Waals surface area contributed by atoms with Crippen LogP contribution in [-0.4, -0.2) is 72.8 Å². The summed E-state index contributed by atoms with van der Waals surface area (Å²) in [7, 11) is 2.28. The van der Waals surface area contributed by atoms with E-state index in [0.717, 1.165) is 51.9 Å². The van der Waals surface area contributed by atoms with Gasteiger partial charge in [0.05, 0.1) is 0 Å². The van der Waals surface area contributed by atoms with E-state index in [2.05, 4.69) is 49.4 Å². The van der Waals surface area contributed by atoms with Crippen molar-refractivity contribution in [3.8, 4) is 0 Å². The highest BCUT2D eigenvalue weighted by atomic mass is 16.2. The predicted octanol–water partition coefficient (Wildman–Crippen LogP) is 14.7. The lowest BCUT2D eigenvalue weighted by molar-refractivity contribution is -0.132. The van der Waals surface area contributed by atoms with Crippen molar-refractivity contribution >= 4 is 11.8 Å². The molecular formula is C49H99N3O2. The molecule has 0 rings (SSSR count). The normalized spacial score (nSPS) is 11.5. The van der Waals surface area contributed by atoms with Crippen molar-refractivity contribution in [1.29, 1.82) is 0 Å². The van der Waals surface area contributed by atoms with E-state index < -0.39 is 0 Å². The Labute approximate surface area is 340 Å². The van der Waals surface area contributed by atoms with Crippen LogP contribution in [0.15, 0.2) is 0 Å². The van der Waals surface area contributed by atoms with E-state index in [-0.39, 0.29) is 0 Å². The highest BCUT2D eigenvalue weighted by Crippen LogP contribution is 2.15. The maximum atomic E-state index is 13.1. The molecule has 0 aliphatic rings. The van der Waals surface area contributed by atoms with Gasteiger partial charge in [0.1, 0.15) is 0 Å². The van der Waals surface area contributed by atoms with Crippen LogP contribution in [0, 0.1) is 0 Å². The summed E-state index contributed by atoms with van der Waals surface area (Å²) in [6, 6.07) is 0. The Kier molecular flexibility index (Phi) is 42.2. The molecule has 0 fully saturated rings. The van der Waals surface area contributed by atoms with E-state index >= 15 is 0 Å². The molecule has 0 spiro atoms. The van der Waals surface area contributed by atoms with Gasteiger partial charge in [0.15, 0.2) is 0 Å². The molecule has 0 unspecified atom stereocenters. The smallest absolute Gasteiger partial charge is 0.222 e. The van der Waals surface area contributed by atoms with Crippen LogP contribution in [0.4, 0.5) is 0 Å². The first-order valence-corrected chi connectivity index (χ1v) is 24.7. The fraction of sp³-hybridized carbons (Fsp3) is 0.959. The Morgan fingerprint density at radius 1 is 0.278 bits per heavy atom. The summed E-state index contributed by atoms with van der Waals surface area (Å²) in [5.74, 6) is 0.829. The van der Waals surface area contributed by atoms with Crippen LogP contribution in [0.5, 0.6) is 0 Å². The first-order chi connectivity index (χ1) is 26.5. The summed E-state index contributed by atoms with van der Waals surface area (Å²) in [4.78, 5) is 33.2. The van der Waals surface area contributed by atoms with Gasteiger partial charge in [-0.3, -0.25) is 9.59 Å². The number of carbonyl (C=O) groups excluding carboxylic acids is 2. The van der Waals surface area contributed by atoms with E-state index in [9.17, 15) is 9.59 Å². The largest absolute Gasteiger partial charge is 0.343 e. The van der Waals surface area contributed by atoms with Gasteiger partial charge in [-0.25, -0.2) is 0 Å². The van der Waals surface area contributed by atoms with Crippen molar-refractivity contribution in [3.63, 3.8) is 0 Å². The zero-order chi connectivity index (χ0) is 39.6. The third-order valence-corrected chi connectivity index (χ3v) is 11.7. The van der Waals surface area contributed by atoms with Gasteiger partial charge in [-0.1, -0.05) is 195 Å². The first-order valence-electron chi connectivity index (χ1n) is 24.7. The van der Waals surface area contributed by atoms with E-state index in [1.54, 1.807) is 0 Å². The second kappa shape index (κ2) is 43.0. The van der Waals surface area contributed by atoms with Gasteiger partial charge in [0, 0.05) is 39.0 Å². The van der Waals surface area contributed by atoms with Crippen molar-refractivity contribution in [2.75, 3.05) is 46.3 Å². The summed E-state index contributed by atoms with van der Waals surface area (Å²) >= 11 is 0. The maximum absolute atomic E-state index is 13.1. The molecular weight excluding hydrogens is 663 g/mol. The molecule has 0 heterocycles. The third-order valence-electron chi connectivity index (χ3n) is 11.7. The number of carbonyl (C=O) groups is 2. The average Bonchev–Trinajstić information content (AvgIpc) is 3.17. The number of nitrogens with zero attached hydrogens (tertiary/aromatic N) is 3. The third kappa shape index (κ3) is 36.5. The van der Waals surface area contributed by atoms with Crippen LogP contribution in [0.2, 0.25) is 0 Å². The summed E-state index contributed by atoms with van der Waals surface area (Å²) in [6.07, 6.45) is 44.6. The van der Waals surface area contributed by atoms with Crippen molar-refractivity contribution in [2.45, 2.75) is 259 Å². The van der Waals surface area contributed by atoms with E-state index in [1.165, 1.54) is 219 Å². The Hall–Kier alpha value is -1.10. The van der Waals surface area contributed by atoms with Gasteiger partial charge in [-0.2, -0.15) is 0 Å². The fourth-order valence-electron chi connectivity index (χ4n) is 7.86. The highest BCUT2D eigenvalue weighted by molar-refractivity contribution is 5.76. The lowest BCUT2D eigenvalue weighted by atomic mass is 10.1. The van der Waals surface area contributed by atoms with Gasteiger partial charge < -0.3 is 14.7 Å². The van der Waals surface area contributed by atoms with Gasteiger partial charge in [0.25, 0.3) is 0 Å². The second-order valence-electron chi connectivity index (χ2n) is 17.2. The molecule has 0 aromatic rings. The number of hydrogen-bond acceptors (Lipinski definition) is 3. The number of unbranched alkanes of at least 4 members (excludes halogenated alkanes) is 28. The molecule has 0 saturated carbocycles. The lowest BCUT2D eigenvalue weighted by Crippen LogP contribution is -2.32. The minimum atomic E-state index is 0.414. The quantitative estimate of drug-likeness (QED) is 0.0581. The Morgan fingerprint density at radius 2 is 0.481 bits per heavy atom. The van der Waals surface area contributed by atoms with Crippen molar-refractivity contribution in [2.24, 2.45) is 0 Å². The Morgan fingerprint density at radius 3 is 0.741 bits per heavy atom. The molecule has 0 bridgehead atoms. The molecule has 0 aliphatic carbocycles. The topological polar surface area (TPSA) is 43.9 Å². The molecule has 0 aromatic carbocycles. The Balaban J connectivity index is 4.09. The van der Waals surface area contributed by atoms with Crippen molar-refractivity contribution in [1.82, 2.24) is 14.7 Å². The molecule has 0 saturated heterocycles. The minimum absolute atomic E-state index is 0.414. The van der Waals surface area contributed by atoms with Crippen LogP contribution in [0.25, 0.3) is 0 Å². The molecule has 322 valence electrons. The van der Waals surface area contributed by atoms with E-state index in [1.807, 2.05) is 0 Å². The summed E-state index contributed by atoms with van der Waals surface area (Å²) in [5, 5.41) is 0. The first kappa shape index (κ1) is 52.9. The molecule has 0 N–H and O–H groups in total. The lowest BCUT2D eigenvalue weighted by Gasteiger charge is -2.23. The SMILES string of the molecule is CCCCCCCCN(CCCCCCCC)C(=O)CCCCCCCN(C)CCCCCCCC(=O)N(CCCCCCCC)CCCCCCCC. The minimum Gasteiger partial charge on any atom is -0.343 e. The standard InChI is InChI=1S/C49H99N3O2/c1-6-10-14-18-28-36-44-51(45-37-29-19-15-11-7-2)48(53)40-32-24-22-26-34-42-50(5)43-35-27-23-25-33-41-49(54)52(46-38-30-20-16-12-8-3)47-39-31-21-17-13-9-4/h6-47H2,1-5H3. The second-order valence-corrected chi connectivity index (χ2v) is 17.2. The zero-order valence-electron chi connectivity index (χ0n) is 37.9. The fourth-order valence-corrected chi connectivity index (χ4v) is 7.86. The summed E-state index contributed by atoms with van der Waals surface area (Å²) in [5.41, 5.74) is 0. The van der Waals surface area contributed by atoms with Crippen LogP contribution in [-0.2, 0) is 9.59 Å². The van der Waals surface area contributed by atoms with Crippen LogP contribution in [0.1, 0.15) is 259 Å². The molecule has 0 atom stereocenters. The van der Waals surface area contributed by atoms with Gasteiger partial charge in [0.2, 0.25) is 11.8 Å². The summed E-state index contributed by atoms with van der Waals surface area (Å²) < 4.78 is 0.